The predicted molar refractivity (Wildman–Crippen MR) is 102 cm³/mol. The summed E-state index contributed by atoms with van der Waals surface area (Å²) in [5.74, 6) is -2.22. The molecule has 7 nitrogen and oxygen atoms in total. The quantitative estimate of drug-likeness (QED) is 0.419. The van der Waals surface area contributed by atoms with Crippen LogP contribution < -0.4 is 5.32 Å². The smallest absolute Gasteiger partial charge is 0.350 e. The van der Waals surface area contributed by atoms with E-state index in [0.717, 1.165) is 11.1 Å². The first kappa shape index (κ1) is 17.8. The lowest BCUT2D eigenvalue weighted by atomic mass is 10.1. The van der Waals surface area contributed by atoms with Gasteiger partial charge in [-0.15, -0.1) is 0 Å². The SMILES string of the molecule is Cc1ccc(-c2nc3cc(NC=C4C(=O)OC(C)(C)OC4=O)ccc3o2)cc1. The summed E-state index contributed by atoms with van der Waals surface area (Å²) in [6, 6.07) is 13.2. The third-order valence-corrected chi connectivity index (χ3v) is 4.19. The Morgan fingerprint density at radius 1 is 1.00 bits per heavy atom. The number of esters is 2. The standard InChI is InChI=1S/C21H18N2O5/c1-12-4-6-13(7-5-12)18-23-16-10-14(8-9-17(16)26-18)22-11-15-19(24)27-21(2,3)28-20(15)25/h4-11,22H,1-3H3. The minimum absolute atomic E-state index is 0.208. The summed E-state index contributed by atoms with van der Waals surface area (Å²) in [6.45, 7) is 5.01. The highest BCUT2D eigenvalue weighted by atomic mass is 16.7. The van der Waals surface area contributed by atoms with Gasteiger partial charge in [0.25, 0.3) is 5.79 Å². The van der Waals surface area contributed by atoms with Crippen LogP contribution in [0.2, 0.25) is 0 Å². The first-order valence-corrected chi connectivity index (χ1v) is 8.72. The maximum absolute atomic E-state index is 12.0. The molecule has 1 N–H and O–H groups in total. The van der Waals surface area contributed by atoms with Crippen molar-refractivity contribution in [1.29, 1.82) is 0 Å². The van der Waals surface area contributed by atoms with Crippen LogP contribution in [-0.4, -0.2) is 22.7 Å². The summed E-state index contributed by atoms with van der Waals surface area (Å²) < 4.78 is 15.9. The van der Waals surface area contributed by atoms with E-state index in [1.165, 1.54) is 20.0 Å². The lowest BCUT2D eigenvalue weighted by Crippen LogP contribution is -2.42. The molecule has 1 saturated heterocycles. The molecule has 0 spiro atoms. The molecule has 0 bridgehead atoms. The van der Waals surface area contributed by atoms with Gasteiger partial charge >= 0.3 is 11.9 Å². The summed E-state index contributed by atoms with van der Waals surface area (Å²) in [5.41, 5.74) is 3.74. The topological polar surface area (TPSA) is 90.7 Å². The fourth-order valence-electron chi connectivity index (χ4n) is 2.77. The molecule has 0 atom stereocenters. The monoisotopic (exact) mass is 378 g/mol. The minimum atomic E-state index is -1.27. The maximum Gasteiger partial charge on any atom is 0.350 e. The Hall–Kier alpha value is -3.61. The number of nitrogens with zero attached hydrogens (tertiary/aromatic N) is 1. The summed E-state index contributed by atoms with van der Waals surface area (Å²) in [4.78, 5) is 28.5. The Morgan fingerprint density at radius 3 is 2.36 bits per heavy atom. The van der Waals surface area contributed by atoms with Crippen LogP contribution in [0.1, 0.15) is 19.4 Å². The lowest BCUT2D eigenvalue weighted by Gasteiger charge is -2.29. The largest absolute Gasteiger partial charge is 0.436 e. The van der Waals surface area contributed by atoms with E-state index >= 15 is 0 Å². The number of carbonyl (C=O) groups is 2. The van der Waals surface area contributed by atoms with Crippen molar-refractivity contribution in [3.05, 3.63) is 59.8 Å². The number of cyclic esters (lactones) is 2. The number of fused-ring (bicyclic) bond motifs is 1. The van der Waals surface area contributed by atoms with Gasteiger partial charge in [-0.25, -0.2) is 14.6 Å². The summed E-state index contributed by atoms with van der Waals surface area (Å²) in [6.07, 6.45) is 1.27. The van der Waals surface area contributed by atoms with E-state index < -0.39 is 17.7 Å². The number of oxazole rings is 1. The molecule has 28 heavy (non-hydrogen) atoms. The van der Waals surface area contributed by atoms with Crippen molar-refractivity contribution in [2.75, 3.05) is 5.32 Å². The highest BCUT2D eigenvalue weighted by Gasteiger charge is 2.38. The number of anilines is 1. The summed E-state index contributed by atoms with van der Waals surface area (Å²) >= 11 is 0. The van der Waals surface area contributed by atoms with Gasteiger partial charge in [-0.3, -0.25) is 0 Å². The zero-order valence-corrected chi connectivity index (χ0v) is 15.6. The van der Waals surface area contributed by atoms with Gasteiger partial charge in [-0.2, -0.15) is 0 Å². The van der Waals surface area contributed by atoms with Crippen LogP contribution in [0.15, 0.2) is 58.7 Å². The van der Waals surface area contributed by atoms with Crippen molar-refractivity contribution < 1.29 is 23.5 Å². The molecule has 0 amide bonds. The zero-order chi connectivity index (χ0) is 19.9. The molecule has 2 aromatic carbocycles. The zero-order valence-electron chi connectivity index (χ0n) is 15.6. The predicted octanol–water partition coefficient (Wildman–Crippen LogP) is 3.94. The highest BCUT2D eigenvalue weighted by molar-refractivity contribution is 6.15. The van der Waals surface area contributed by atoms with E-state index in [2.05, 4.69) is 10.3 Å². The van der Waals surface area contributed by atoms with Crippen LogP contribution in [0.3, 0.4) is 0 Å². The van der Waals surface area contributed by atoms with E-state index in [-0.39, 0.29) is 5.57 Å². The van der Waals surface area contributed by atoms with Gasteiger partial charge in [0.15, 0.2) is 11.2 Å². The van der Waals surface area contributed by atoms with Crippen molar-refractivity contribution in [1.82, 2.24) is 4.98 Å². The molecule has 1 aliphatic rings. The second-order valence-electron chi connectivity index (χ2n) is 6.95. The molecular formula is C21H18N2O5. The van der Waals surface area contributed by atoms with Crippen molar-refractivity contribution in [2.24, 2.45) is 0 Å². The number of aromatic nitrogens is 1. The van der Waals surface area contributed by atoms with Crippen molar-refractivity contribution in [2.45, 2.75) is 26.6 Å². The van der Waals surface area contributed by atoms with E-state index in [1.807, 2.05) is 31.2 Å². The fraction of sp³-hybridized carbons (Fsp3) is 0.190. The van der Waals surface area contributed by atoms with Gasteiger partial charge in [0.2, 0.25) is 5.89 Å². The van der Waals surface area contributed by atoms with E-state index in [9.17, 15) is 9.59 Å². The molecule has 3 aromatic rings. The van der Waals surface area contributed by atoms with Crippen LogP contribution in [-0.2, 0) is 19.1 Å². The highest BCUT2D eigenvalue weighted by Crippen LogP contribution is 2.27. The molecule has 0 unspecified atom stereocenters. The maximum atomic E-state index is 12.0. The van der Waals surface area contributed by atoms with E-state index in [4.69, 9.17) is 13.9 Å². The summed E-state index contributed by atoms with van der Waals surface area (Å²) in [5, 5.41) is 2.91. The molecule has 0 radical (unpaired) electrons. The second kappa shape index (κ2) is 6.53. The number of rotatable bonds is 3. The van der Waals surface area contributed by atoms with Crippen molar-refractivity contribution in [3.63, 3.8) is 0 Å². The van der Waals surface area contributed by atoms with E-state index in [0.29, 0.717) is 22.7 Å². The Morgan fingerprint density at radius 2 is 1.68 bits per heavy atom. The number of ether oxygens (including phenoxy) is 2. The average molecular weight is 378 g/mol. The number of nitrogens with one attached hydrogen (secondary N) is 1. The molecule has 0 saturated carbocycles. The number of aryl methyl sites for hydroxylation is 1. The van der Waals surface area contributed by atoms with E-state index in [1.54, 1.807) is 18.2 Å². The molecule has 1 aliphatic heterocycles. The molecule has 4 rings (SSSR count). The number of hydrogen-bond acceptors (Lipinski definition) is 7. The number of benzene rings is 2. The first-order valence-electron chi connectivity index (χ1n) is 8.72. The molecule has 1 aromatic heterocycles. The average Bonchev–Trinajstić information content (AvgIpc) is 3.04. The van der Waals surface area contributed by atoms with Gasteiger partial charge in [-0.1, -0.05) is 17.7 Å². The fourth-order valence-corrected chi connectivity index (χ4v) is 2.77. The van der Waals surface area contributed by atoms with Gasteiger partial charge in [-0.05, 0) is 37.3 Å². The van der Waals surface area contributed by atoms with Crippen LogP contribution in [0.5, 0.6) is 0 Å². The number of hydrogen-bond donors (Lipinski definition) is 1. The Bertz CT molecular complexity index is 1090. The second-order valence-corrected chi connectivity index (χ2v) is 6.95. The van der Waals surface area contributed by atoms with Crippen LogP contribution in [0.25, 0.3) is 22.6 Å². The molecule has 1 fully saturated rings. The third kappa shape index (κ3) is 3.46. The molecule has 142 valence electrons. The normalized spacial score (nSPS) is 15.9. The lowest BCUT2D eigenvalue weighted by molar-refractivity contribution is -0.222. The third-order valence-electron chi connectivity index (χ3n) is 4.19. The van der Waals surface area contributed by atoms with Gasteiger partial charge in [0.1, 0.15) is 5.52 Å². The molecule has 2 heterocycles. The van der Waals surface area contributed by atoms with Gasteiger partial charge in [0.05, 0.1) is 0 Å². The Balaban J connectivity index is 1.57. The number of carbonyl (C=O) groups excluding carboxylic acids is 2. The van der Waals surface area contributed by atoms with Crippen molar-refractivity contribution >= 4 is 28.7 Å². The van der Waals surface area contributed by atoms with Crippen LogP contribution >= 0.6 is 0 Å². The molecule has 0 aliphatic carbocycles. The van der Waals surface area contributed by atoms with Crippen LogP contribution in [0, 0.1) is 6.92 Å². The minimum Gasteiger partial charge on any atom is -0.436 e. The van der Waals surface area contributed by atoms with Crippen molar-refractivity contribution in [3.8, 4) is 11.5 Å². The molecular weight excluding hydrogens is 360 g/mol. The molecule has 7 heteroatoms. The van der Waals surface area contributed by atoms with Gasteiger partial charge < -0.3 is 19.2 Å². The Labute approximate surface area is 161 Å². The van der Waals surface area contributed by atoms with Gasteiger partial charge in [0, 0.05) is 31.3 Å². The summed E-state index contributed by atoms with van der Waals surface area (Å²) in [7, 11) is 0. The van der Waals surface area contributed by atoms with Crippen LogP contribution in [0.4, 0.5) is 5.69 Å². The first-order chi connectivity index (χ1) is 13.3. The Kier molecular flexibility index (Phi) is 4.15.